The molecule has 1 heterocycles. The quantitative estimate of drug-likeness (QED) is 0.780. The van der Waals surface area contributed by atoms with Crippen molar-refractivity contribution in [3.05, 3.63) is 16.4 Å². The third kappa shape index (κ3) is 3.21. The highest BCUT2D eigenvalue weighted by molar-refractivity contribution is 9.10. The Morgan fingerprint density at radius 1 is 1.38 bits per heavy atom. The summed E-state index contributed by atoms with van der Waals surface area (Å²) < 4.78 is 3.37. The molecular formula is C17H28BrN3. The van der Waals surface area contributed by atoms with E-state index in [2.05, 4.69) is 44.9 Å². The van der Waals surface area contributed by atoms with E-state index in [0.717, 1.165) is 37.3 Å². The molecule has 118 valence electrons. The Kier molecular flexibility index (Phi) is 5.05. The SMILES string of the molecule is CCCn1ncc(Br)c1C(CC1CC2CCC1C2)NCC. The van der Waals surface area contributed by atoms with Crippen LogP contribution < -0.4 is 5.32 Å². The lowest BCUT2D eigenvalue weighted by atomic mass is 9.83. The van der Waals surface area contributed by atoms with Gasteiger partial charge in [0, 0.05) is 6.54 Å². The molecule has 0 radical (unpaired) electrons. The molecule has 2 aliphatic rings. The molecule has 1 aromatic heterocycles. The zero-order valence-corrected chi connectivity index (χ0v) is 14.9. The van der Waals surface area contributed by atoms with Crippen molar-refractivity contribution < 1.29 is 0 Å². The highest BCUT2D eigenvalue weighted by atomic mass is 79.9. The number of nitrogens with zero attached hydrogens (tertiary/aromatic N) is 2. The summed E-state index contributed by atoms with van der Waals surface area (Å²) >= 11 is 3.72. The second-order valence-electron chi connectivity index (χ2n) is 6.88. The minimum atomic E-state index is 0.447. The molecule has 2 fully saturated rings. The Labute approximate surface area is 137 Å². The highest BCUT2D eigenvalue weighted by Gasteiger charge is 2.40. The number of hydrogen-bond donors (Lipinski definition) is 1. The molecule has 1 N–H and O–H groups in total. The number of aromatic nitrogens is 2. The van der Waals surface area contributed by atoms with E-state index in [0.29, 0.717) is 6.04 Å². The fourth-order valence-corrected chi connectivity index (χ4v) is 5.19. The first-order valence-electron chi connectivity index (χ1n) is 8.67. The summed E-state index contributed by atoms with van der Waals surface area (Å²) in [6.07, 6.45) is 10.3. The van der Waals surface area contributed by atoms with Crippen LogP contribution >= 0.6 is 15.9 Å². The minimum Gasteiger partial charge on any atom is -0.309 e. The molecule has 0 aromatic carbocycles. The van der Waals surface area contributed by atoms with Gasteiger partial charge in [-0.2, -0.15) is 5.10 Å². The highest BCUT2D eigenvalue weighted by Crippen LogP contribution is 2.51. The molecule has 3 nitrogen and oxygen atoms in total. The van der Waals surface area contributed by atoms with Crippen molar-refractivity contribution >= 4 is 15.9 Å². The van der Waals surface area contributed by atoms with Crippen LogP contribution in [0.5, 0.6) is 0 Å². The molecule has 3 rings (SSSR count). The van der Waals surface area contributed by atoms with Crippen molar-refractivity contribution in [2.24, 2.45) is 17.8 Å². The monoisotopic (exact) mass is 353 g/mol. The summed E-state index contributed by atoms with van der Waals surface area (Å²) in [6, 6.07) is 0.447. The second-order valence-corrected chi connectivity index (χ2v) is 7.74. The van der Waals surface area contributed by atoms with Crippen LogP contribution in [0.4, 0.5) is 0 Å². The lowest BCUT2D eigenvalue weighted by Gasteiger charge is -2.28. The van der Waals surface area contributed by atoms with Gasteiger partial charge in [0.2, 0.25) is 0 Å². The van der Waals surface area contributed by atoms with Gasteiger partial charge in [-0.1, -0.05) is 20.3 Å². The van der Waals surface area contributed by atoms with Crippen LogP contribution in [-0.2, 0) is 6.54 Å². The standard InChI is InChI=1S/C17H28BrN3/c1-3-7-21-17(15(18)11-20-21)16(19-4-2)10-14-9-12-5-6-13(14)8-12/h11-14,16,19H,3-10H2,1-2H3. The van der Waals surface area contributed by atoms with Crippen molar-refractivity contribution in [2.45, 2.75) is 65.0 Å². The molecule has 0 spiro atoms. The fourth-order valence-electron chi connectivity index (χ4n) is 4.61. The summed E-state index contributed by atoms with van der Waals surface area (Å²) in [5, 5.41) is 8.28. The minimum absolute atomic E-state index is 0.447. The molecule has 21 heavy (non-hydrogen) atoms. The average Bonchev–Trinajstić information content (AvgIpc) is 3.15. The molecule has 4 unspecified atom stereocenters. The van der Waals surface area contributed by atoms with Crippen LogP contribution in [-0.4, -0.2) is 16.3 Å². The predicted molar refractivity (Wildman–Crippen MR) is 90.2 cm³/mol. The largest absolute Gasteiger partial charge is 0.309 e. The molecule has 0 saturated heterocycles. The average molecular weight is 354 g/mol. The molecule has 4 atom stereocenters. The lowest BCUT2D eigenvalue weighted by Crippen LogP contribution is -2.28. The van der Waals surface area contributed by atoms with Crippen molar-refractivity contribution in [3.63, 3.8) is 0 Å². The molecule has 0 aliphatic heterocycles. The summed E-state index contributed by atoms with van der Waals surface area (Å²) in [7, 11) is 0. The van der Waals surface area contributed by atoms with E-state index in [-0.39, 0.29) is 0 Å². The normalized spacial score (nSPS) is 29.2. The molecule has 0 amide bonds. The van der Waals surface area contributed by atoms with Crippen LogP contribution in [0.15, 0.2) is 10.7 Å². The molecule has 4 heteroatoms. The van der Waals surface area contributed by atoms with Gasteiger partial charge < -0.3 is 5.32 Å². The van der Waals surface area contributed by atoms with E-state index in [4.69, 9.17) is 0 Å². The van der Waals surface area contributed by atoms with Crippen LogP contribution in [0.3, 0.4) is 0 Å². The molecule has 2 aliphatic carbocycles. The number of hydrogen-bond acceptors (Lipinski definition) is 2. The molecule has 2 bridgehead atoms. The predicted octanol–water partition coefficient (Wildman–Crippen LogP) is 4.53. The first-order valence-corrected chi connectivity index (χ1v) is 9.46. The third-order valence-corrected chi connectivity index (χ3v) is 6.08. The third-order valence-electron chi connectivity index (χ3n) is 5.47. The maximum atomic E-state index is 4.56. The maximum Gasteiger partial charge on any atom is 0.0695 e. The Morgan fingerprint density at radius 2 is 2.24 bits per heavy atom. The van der Waals surface area contributed by atoms with Crippen molar-refractivity contribution in [3.8, 4) is 0 Å². The van der Waals surface area contributed by atoms with Gasteiger partial charge in [-0.15, -0.1) is 0 Å². The van der Waals surface area contributed by atoms with Crippen LogP contribution in [0.25, 0.3) is 0 Å². The first-order chi connectivity index (χ1) is 10.2. The van der Waals surface area contributed by atoms with E-state index in [1.165, 1.54) is 42.3 Å². The molecule has 2 saturated carbocycles. The van der Waals surface area contributed by atoms with E-state index in [1.807, 2.05) is 6.20 Å². The summed E-state index contributed by atoms with van der Waals surface area (Å²) in [5.41, 5.74) is 1.36. The second kappa shape index (κ2) is 6.82. The van der Waals surface area contributed by atoms with E-state index in [1.54, 1.807) is 0 Å². The number of nitrogens with one attached hydrogen (secondary N) is 1. The number of halogens is 1. The number of rotatable bonds is 7. The molecular weight excluding hydrogens is 326 g/mol. The smallest absolute Gasteiger partial charge is 0.0695 e. The number of aryl methyl sites for hydroxylation is 1. The Balaban J connectivity index is 1.76. The topological polar surface area (TPSA) is 29.9 Å². The Bertz CT molecular complexity index is 471. The Hall–Kier alpha value is -0.350. The summed E-state index contributed by atoms with van der Waals surface area (Å²) in [4.78, 5) is 0. The zero-order chi connectivity index (χ0) is 14.8. The van der Waals surface area contributed by atoms with E-state index < -0.39 is 0 Å². The van der Waals surface area contributed by atoms with E-state index >= 15 is 0 Å². The van der Waals surface area contributed by atoms with Gasteiger partial charge >= 0.3 is 0 Å². The van der Waals surface area contributed by atoms with Crippen molar-refractivity contribution in [1.29, 1.82) is 0 Å². The van der Waals surface area contributed by atoms with Gasteiger partial charge in [0.1, 0.15) is 0 Å². The van der Waals surface area contributed by atoms with Crippen molar-refractivity contribution in [2.75, 3.05) is 6.54 Å². The van der Waals surface area contributed by atoms with Gasteiger partial charge in [-0.3, -0.25) is 4.68 Å². The van der Waals surface area contributed by atoms with E-state index in [9.17, 15) is 0 Å². The van der Waals surface area contributed by atoms with Gasteiger partial charge in [0.05, 0.1) is 22.4 Å². The van der Waals surface area contributed by atoms with Crippen LogP contribution in [0.2, 0.25) is 0 Å². The molecule has 1 aromatic rings. The van der Waals surface area contributed by atoms with Gasteiger partial charge in [0.15, 0.2) is 0 Å². The van der Waals surface area contributed by atoms with Crippen LogP contribution in [0, 0.1) is 17.8 Å². The maximum absolute atomic E-state index is 4.56. The fraction of sp³-hybridized carbons (Fsp3) is 0.824. The first kappa shape index (κ1) is 15.5. The van der Waals surface area contributed by atoms with Crippen molar-refractivity contribution in [1.82, 2.24) is 15.1 Å². The van der Waals surface area contributed by atoms with Gasteiger partial charge in [-0.25, -0.2) is 0 Å². The van der Waals surface area contributed by atoms with Gasteiger partial charge in [0.25, 0.3) is 0 Å². The van der Waals surface area contributed by atoms with Gasteiger partial charge in [-0.05, 0) is 72.3 Å². The zero-order valence-electron chi connectivity index (χ0n) is 13.3. The number of fused-ring (bicyclic) bond motifs is 2. The van der Waals surface area contributed by atoms with Crippen LogP contribution in [0.1, 0.15) is 64.1 Å². The Morgan fingerprint density at radius 3 is 2.86 bits per heavy atom. The lowest BCUT2D eigenvalue weighted by molar-refractivity contribution is 0.274. The summed E-state index contributed by atoms with van der Waals surface area (Å²) in [5.74, 6) is 2.95. The summed E-state index contributed by atoms with van der Waals surface area (Å²) in [6.45, 7) is 6.47.